The summed E-state index contributed by atoms with van der Waals surface area (Å²) in [6.45, 7) is 2.83. The monoisotopic (exact) mass is 468 g/mol. The SMILES string of the molecule is Cc1cc2c(c(=O)n1CCc1ccc(O)cc1)[C@@H](c1cc3cccc4c3n(c1=O)CC4)CC(=O)O2. The van der Waals surface area contributed by atoms with Gasteiger partial charge >= 0.3 is 5.97 Å². The van der Waals surface area contributed by atoms with E-state index in [1.165, 1.54) is 0 Å². The lowest BCUT2D eigenvalue weighted by atomic mass is 9.86. The predicted molar refractivity (Wildman–Crippen MR) is 131 cm³/mol. The number of fused-ring (bicyclic) bond motifs is 1. The van der Waals surface area contributed by atoms with Crippen molar-refractivity contribution in [1.29, 1.82) is 0 Å². The van der Waals surface area contributed by atoms with Crippen molar-refractivity contribution in [2.75, 3.05) is 0 Å². The number of aryl methyl sites for hydroxylation is 4. The average Bonchev–Trinajstić information content (AvgIpc) is 3.27. The number of para-hydroxylation sites is 1. The zero-order valence-corrected chi connectivity index (χ0v) is 19.3. The van der Waals surface area contributed by atoms with Crippen LogP contribution in [0.2, 0.25) is 0 Å². The molecule has 0 bridgehead atoms. The maximum absolute atomic E-state index is 13.8. The van der Waals surface area contributed by atoms with Gasteiger partial charge < -0.3 is 19.0 Å². The van der Waals surface area contributed by atoms with Gasteiger partial charge in [0.15, 0.2) is 0 Å². The summed E-state index contributed by atoms with van der Waals surface area (Å²) in [6, 6.07) is 16.4. The molecule has 176 valence electrons. The molecule has 6 rings (SSSR count). The Hall–Kier alpha value is -4.13. The molecule has 0 saturated carbocycles. The van der Waals surface area contributed by atoms with E-state index in [9.17, 15) is 19.5 Å². The number of rotatable bonds is 4. The van der Waals surface area contributed by atoms with Crippen LogP contribution in [-0.2, 0) is 30.7 Å². The number of phenols is 1. The smallest absolute Gasteiger partial charge is 0.312 e. The fourth-order valence-electron chi connectivity index (χ4n) is 5.48. The molecule has 2 aromatic carbocycles. The lowest BCUT2D eigenvalue weighted by Gasteiger charge is -2.26. The van der Waals surface area contributed by atoms with E-state index in [1.807, 2.05) is 43.3 Å². The third-order valence-electron chi connectivity index (χ3n) is 7.21. The molecule has 7 nitrogen and oxygen atoms in total. The molecule has 1 atom stereocenters. The summed E-state index contributed by atoms with van der Waals surface area (Å²) < 4.78 is 8.93. The standard InChI is InChI=1S/C28H24N2O5/c1-16-13-23-25(28(34)29(16)11-9-17-5-7-20(31)8-6-17)21(15-24(32)35-23)22-14-19-4-2-3-18-10-12-30(26(18)19)27(22)33/h2-8,13-14,21,31H,9-12,15H2,1H3/t21-/m1/s1. The molecule has 0 aliphatic carbocycles. The van der Waals surface area contributed by atoms with Gasteiger partial charge in [-0.15, -0.1) is 0 Å². The van der Waals surface area contributed by atoms with Crippen LogP contribution >= 0.6 is 0 Å². The molecule has 7 heteroatoms. The highest BCUT2D eigenvalue weighted by Crippen LogP contribution is 2.37. The summed E-state index contributed by atoms with van der Waals surface area (Å²) in [6.07, 6.45) is 1.34. The van der Waals surface area contributed by atoms with Crippen molar-refractivity contribution in [3.8, 4) is 11.5 Å². The van der Waals surface area contributed by atoms with Gasteiger partial charge in [0, 0.05) is 36.3 Å². The van der Waals surface area contributed by atoms with Crippen LogP contribution in [0.5, 0.6) is 11.5 Å². The number of aromatic hydroxyl groups is 1. The molecule has 0 fully saturated rings. The normalized spacial score (nSPS) is 16.4. The number of benzene rings is 2. The van der Waals surface area contributed by atoms with Crippen molar-refractivity contribution in [2.24, 2.45) is 0 Å². The van der Waals surface area contributed by atoms with Crippen molar-refractivity contribution < 1.29 is 14.6 Å². The van der Waals surface area contributed by atoms with Gasteiger partial charge in [0.25, 0.3) is 11.1 Å². The minimum atomic E-state index is -0.663. The highest BCUT2D eigenvalue weighted by atomic mass is 16.5. The van der Waals surface area contributed by atoms with Gasteiger partial charge in [0.05, 0.1) is 17.5 Å². The molecule has 4 heterocycles. The van der Waals surface area contributed by atoms with Crippen LogP contribution in [0.4, 0.5) is 0 Å². The van der Waals surface area contributed by atoms with Gasteiger partial charge in [-0.1, -0.05) is 30.3 Å². The quantitative estimate of drug-likeness (QED) is 0.464. The summed E-state index contributed by atoms with van der Waals surface area (Å²) in [7, 11) is 0. The van der Waals surface area contributed by atoms with Crippen molar-refractivity contribution in [2.45, 2.75) is 45.2 Å². The molecule has 0 amide bonds. The first-order chi connectivity index (χ1) is 16.9. The van der Waals surface area contributed by atoms with E-state index < -0.39 is 11.9 Å². The first-order valence-electron chi connectivity index (χ1n) is 11.8. The number of phenolic OH excluding ortho intramolecular Hbond substituents is 1. The van der Waals surface area contributed by atoms with Crippen LogP contribution in [0.15, 0.2) is 64.2 Å². The Morgan fingerprint density at radius 2 is 1.83 bits per heavy atom. The molecule has 0 radical (unpaired) electrons. The zero-order valence-electron chi connectivity index (χ0n) is 19.3. The molecule has 4 aromatic rings. The van der Waals surface area contributed by atoms with Gasteiger partial charge in [-0.3, -0.25) is 14.4 Å². The number of pyridine rings is 2. The van der Waals surface area contributed by atoms with Crippen LogP contribution in [0, 0.1) is 6.92 Å². The van der Waals surface area contributed by atoms with E-state index in [1.54, 1.807) is 27.3 Å². The van der Waals surface area contributed by atoms with Crippen LogP contribution < -0.4 is 15.9 Å². The number of carbonyl (C=O) groups is 1. The molecule has 0 spiro atoms. The fraction of sp³-hybridized carbons (Fsp3) is 0.250. The Balaban J connectivity index is 1.47. The van der Waals surface area contributed by atoms with E-state index >= 15 is 0 Å². The Kier molecular flexibility index (Phi) is 4.88. The van der Waals surface area contributed by atoms with Crippen LogP contribution in [0.3, 0.4) is 0 Å². The second-order valence-electron chi connectivity index (χ2n) is 9.33. The molecule has 35 heavy (non-hydrogen) atoms. The maximum Gasteiger partial charge on any atom is 0.312 e. The molecular formula is C28H24N2O5. The number of carbonyl (C=O) groups excluding carboxylic acids is 1. The second kappa shape index (κ2) is 7.98. The van der Waals surface area contributed by atoms with Crippen molar-refractivity contribution in [3.05, 3.63) is 103 Å². The number of esters is 1. The van der Waals surface area contributed by atoms with E-state index in [0.717, 1.165) is 28.5 Å². The highest BCUT2D eigenvalue weighted by Gasteiger charge is 2.35. The highest BCUT2D eigenvalue weighted by molar-refractivity contribution is 5.85. The average molecular weight is 469 g/mol. The lowest BCUT2D eigenvalue weighted by Crippen LogP contribution is -2.36. The predicted octanol–water partition coefficient (Wildman–Crippen LogP) is 3.42. The van der Waals surface area contributed by atoms with Crippen molar-refractivity contribution >= 4 is 16.9 Å². The van der Waals surface area contributed by atoms with Gasteiger partial charge in [0.1, 0.15) is 11.5 Å². The molecule has 2 aliphatic rings. The number of nitrogens with zero attached hydrogens (tertiary/aromatic N) is 2. The molecule has 2 aliphatic heterocycles. The third kappa shape index (κ3) is 3.46. The minimum absolute atomic E-state index is 0.0519. The first kappa shape index (κ1) is 21.4. The largest absolute Gasteiger partial charge is 0.508 e. The van der Waals surface area contributed by atoms with Gasteiger partial charge in [-0.05, 0) is 54.5 Å². The van der Waals surface area contributed by atoms with Crippen LogP contribution in [0.25, 0.3) is 10.9 Å². The first-order valence-corrected chi connectivity index (χ1v) is 11.8. The fourth-order valence-corrected chi connectivity index (χ4v) is 5.48. The minimum Gasteiger partial charge on any atom is -0.508 e. The van der Waals surface area contributed by atoms with E-state index in [-0.39, 0.29) is 29.0 Å². The lowest BCUT2D eigenvalue weighted by molar-refractivity contribution is -0.135. The molecule has 0 unspecified atom stereocenters. The molecule has 2 aromatic heterocycles. The summed E-state index contributed by atoms with van der Waals surface area (Å²) in [5, 5.41) is 10.5. The van der Waals surface area contributed by atoms with Crippen LogP contribution in [0.1, 0.15) is 40.3 Å². The third-order valence-corrected chi connectivity index (χ3v) is 7.21. The Labute approximate surface area is 200 Å². The van der Waals surface area contributed by atoms with Gasteiger partial charge in [0.2, 0.25) is 0 Å². The zero-order chi connectivity index (χ0) is 24.3. The molecule has 1 N–H and O–H groups in total. The Morgan fingerprint density at radius 1 is 1.03 bits per heavy atom. The number of hydrogen-bond donors (Lipinski definition) is 1. The Bertz CT molecular complexity index is 1630. The van der Waals surface area contributed by atoms with Gasteiger partial charge in [-0.25, -0.2) is 0 Å². The number of hydrogen-bond acceptors (Lipinski definition) is 5. The van der Waals surface area contributed by atoms with E-state index in [0.29, 0.717) is 36.3 Å². The van der Waals surface area contributed by atoms with Crippen molar-refractivity contribution in [3.63, 3.8) is 0 Å². The van der Waals surface area contributed by atoms with Gasteiger partial charge in [-0.2, -0.15) is 0 Å². The second-order valence-corrected chi connectivity index (χ2v) is 9.33. The molecular weight excluding hydrogens is 444 g/mol. The maximum atomic E-state index is 13.8. The summed E-state index contributed by atoms with van der Waals surface area (Å²) in [5.74, 6) is -0.677. The van der Waals surface area contributed by atoms with E-state index in [4.69, 9.17) is 4.74 Å². The number of aromatic nitrogens is 2. The summed E-state index contributed by atoms with van der Waals surface area (Å²) >= 11 is 0. The summed E-state index contributed by atoms with van der Waals surface area (Å²) in [4.78, 5) is 39.8. The van der Waals surface area contributed by atoms with Crippen molar-refractivity contribution in [1.82, 2.24) is 9.13 Å². The topological polar surface area (TPSA) is 90.5 Å². The van der Waals surface area contributed by atoms with Crippen LogP contribution in [-0.4, -0.2) is 20.2 Å². The number of ether oxygens (including phenoxy) is 1. The van der Waals surface area contributed by atoms with E-state index in [2.05, 4.69) is 0 Å². The Morgan fingerprint density at radius 3 is 2.63 bits per heavy atom. The molecule has 0 saturated heterocycles. The summed E-state index contributed by atoms with van der Waals surface area (Å²) in [5.41, 5.74) is 4.17.